The van der Waals surface area contributed by atoms with Crippen LogP contribution in [0.2, 0.25) is 0 Å². The summed E-state index contributed by atoms with van der Waals surface area (Å²) >= 11 is 0. The van der Waals surface area contributed by atoms with Crippen LogP contribution in [-0.2, 0) is 31.6 Å². The van der Waals surface area contributed by atoms with E-state index in [1.165, 1.54) is 16.7 Å². The number of aromatic hydroxyl groups is 2. The topological polar surface area (TPSA) is 53.4 Å². The largest absolute Gasteiger partial charge is 0.508 e. The first-order valence-electron chi connectivity index (χ1n) is 11.5. The number of hydrogen-bond acceptors (Lipinski definition) is 6. The maximum atomic E-state index is 11.6. The number of hydrogen-bond donors (Lipinski definition) is 2. The molecule has 33 heavy (non-hydrogen) atoms. The van der Waals surface area contributed by atoms with Crippen molar-refractivity contribution in [1.82, 2.24) is 19.6 Å². The van der Waals surface area contributed by atoms with Crippen molar-refractivity contribution in [3.63, 3.8) is 0 Å². The molecule has 0 amide bonds. The third-order valence-electron chi connectivity index (χ3n) is 6.02. The zero-order valence-corrected chi connectivity index (χ0v) is 22.3. The number of rotatable bonds is 10. The fourth-order valence-electron chi connectivity index (χ4n) is 4.68. The van der Waals surface area contributed by atoms with Crippen molar-refractivity contribution in [2.75, 3.05) is 56.4 Å². The van der Waals surface area contributed by atoms with Crippen molar-refractivity contribution in [2.24, 2.45) is 0 Å². The monoisotopic (exact) mass is 456 g/mol. The van der Waals surface area contributed by atoms with E-state index in [4.69, 9.17) is 0 Å². The fourth-order valence-corrected chi connectivity index (χ4v) is 4.68. The van der Waals surface area contributed by atoms with E-state index < -0.39 is 0 Å². The van der Waals surface area contributed by atoms with Crippen molar-refractivity contribution < 1.29 is 10.2 Å². The van der Waals surface area contributed by atoms with Gasteiger partial charge in [-0.1, -0.05) is 26.0 Å². The van der Waals surface area contributed by atoms with Crippen molar-refractivity contribution >= 4 is 0 Å². The number of phenolic OH excluding ortho intramolecular Hbond substituents is 2. The molecule has 0 spiro atoms. The molecule has 0 unspecified atom stereocenters. The van der Waals surface area contributed by atoms with Gasteiger partial charge in [0.2, 0.25) is 0 Å². The Balaban J connectivity index is 3.03. The lowest BCUT2D eigenvalue weighted by Crippen LogP contribution is -2.31. The average molecular weight is 457 g/mol. The highest BCUT2D eigenvalue weighted by molar-refractivity contribution is 5.60. The van der Waals surface area contributed by atoms with Gasteiger partial charge < -0.3 is 29.8 Å². The first kappa shape index (κ1) is 27.1. The molecule has 0 radical (unpaired) electrons. The molecular formula is C27H44N4O2. The molecule has 0 fully saturated rings. The van der Waals surface area contributed by atoms with E-state index in [2.05, 4.69) is 61.6 Å². The van der Waals surface area contributed by atoms with E-state index in [1.54, 1.807) is 12.1 Å². The molecule has 0 bridgehead atoms. The molecule has 184 valence electrons. The predicted molar refractivity (Wildman–Crippen MR) is 138 cm³/mol. The van der Waals surface area contributed by atoms with Gasteiger partial charge in [0.25, 0.3) is 0 Å². The Bertz CT molecular complexity index is 887. The van der Waals surface area contributed by atoms with Crippen molar-refractivity contribution in [1.29, 1.82) is 0 Å². The molecule has 0 aromatic heterocycles. The standard InChI is InChI=1S/C27H44N4O2/c1-27(2,19-11-13-20(32)14-12-19)25-21(15-28(3)4)23(17-30(7)8)26(33)24(18-31(9)10)22(25)16-29(5)6/h11-14,32-33H,15-18H2,1-10H3. The minimum atomic E-state index is -0.333. The molecule has 0 aliphatic rings. The number of benzene rings is 2. The van der Waals surface area contributed by atoms with Gasteiger partial charge in [0.05, 0.1) is 0 Å². The molecule has 2 aromatic rings. The molecule has 0 atom stereocenters. The van der Waals surface area contributed by atoms with Gasteiger partial charge in [-0.05, 0) is 90.8 Å². The molecule has 0 saturated carbocycles. The lowest BCUT2D eigenvalue weighted by atomic mass is 9.71. The average Bonchev–Trinajstić information content (AvgIpc) is 2.67. The summed E-state index contributed by atoms with van der Waals surface area (Å²) in [5, 5.41) is 21.6. The van der Waals surface area contributed by atoms with Crippen molar-refractivity contribution in [3.8, 4) is 11.5 Å². The van der Waals surface area contributed by atoms with Gasteiger partial charge in [0.15, 0.2) is 0 Å². The zero-order chi connectivity index (χ0) is 25.1. The van der Waals surface area contributed by atoms with Crippen molar-refractivity contribution in [2.45, 2.75) is 45.4 Å². The van der Waals surface area contributed by atoms with Gasteiger partial charge in [0, 0.05) is 42.7 Å². The molecule has 2 rings (SSSR count). The summed E-state index contributed by atoms with van der Waals surface area (Å²) in [6.07, 6.45) is 0. The summed E-state index contributed by atoms with van der Waals surface area (Å²) in [6.45, 7) is 7.30. The van der Waals surface area contributed by atoms with Crippen LogP contribution in [0.15, 0.2) is 24.3 Å². The molecule has 0 heterocycles. The van der Waals surface area contributed by atoms with Crippen molar-refractivity contribution in [3.05, 3.63) is 57.6 Å². The van der Waals surface area contributed by atoms with E-state index in [9.17, 15) is 10.2 Å². The van der Waals surface area contributed by atoms with E-state index in [0.717, 1.165) is 29.8 Å². The molecule has 2 N–H and O–H groups in total. The van der Waals surface area contributed by atoms with Gasteiger partial charge in [-0.3, -0.25) is 0 Å². The van der Waals surface area contributed by atoms with Crippen LogP contribution in [0.5, 0.6) is 11.5 Å². The van der Waals surface area contributed by atoms with E-state index in [0.29, 0.717) is 18.8 Å². The van der Waals surface area contributed by atoms with Crippen LogP contribution in [0.4, 0.5) is 0 Å². The Labute approximate surface area is 201 Å². The van der Waals surface area contributed by atoms with Gasteiger partial charge in [-0.2, -0.15) is 0 Å². The summed E-state index contributed by atoms with van der Waals surface area (Å²) in [6, 6.07) is 7.54. The van der Waals surface area contributed by atoms with Crippen LogP contribution >= 0.6 is 0 Å². The molecular weight excluding hydrogens is 412 g/mol. The first-order chi connectivity index (χ1) is 15.2. The normalized spacial score (nSPS) is 12.5. The summed E-state index contributed by atoms with van der Waals surface area (Å²) in [5.74, 6) is 0.681. The lowest BCUT2D eigenvalue weighted by molar-refractivity contribution is 0.344. The molecule has 0 aliphatic carbocycles. The third kappa shape index (κ3) is 6.48. The summed E-state index contributed by atoms with van der Waals surface area (Å²) < 4.78 is 0. The van der Waals surface area contributed by atoms with E-state index in [1.807, 2.05) is 40.3 Å². The first-order valence-corrected chi connectivity index (χ1v) is 11.5. The molecule has 6 nitrogen and oxygen atoms in total. The van der Waals surface area contributed by atoms with Gasteiger partial charge in [0.1, 0.15) is 11.5 Å². The maximum Gasteiger partial charge on any atom is 0.125 e. The Morgan fingerprint density at radius 1 is 0.576 bits per heavy atom. The summed E-state index contributed by atoms with van der Waals surface area (Å²) in [4.78, 5) is 8.60. The Morgan fingerprint density at radius 3 is 1.24 bits per heavy atom. The van der Waals surface area contributed by atoms with Gasteiger partial charge in [-0.25, -0.2) is 0 Å². The maximum absolute atomic E-state index is 11.6. The van der Waals surface area contributed by atoms with Gasteiger partial charge >= 0.3 is 0 Å². The van der Waals surface area contributed by atoms with Crippen LogP contribution in [0.3, 0.4) is 0 Å². The predicted octanol–water partition coefficient (Wildman–Crippen LogP) is 3.67. The second-order valence-corrected chi connectivity index (χ2v) is 10.8. The molecule has 2 aromatic carbocycles. The summed E-state index contributed by atoms with van der Waals surface area (Å²) in [7, 11) is 16.5. The highest BCUT2D eigenvalue weighted by atomic mass is 16.3. The summed E-state index contributed by atoms with van der Waals surface area (Å²) in [5.41, 5.74) is 6.43. The Morgan fingerprint density at radius 2 is 0.909 bits per heavy atom. The highest BCUT2D eigenvalue weighted by Crippen LogP contribution is 2.44. The lowest BCUT2D eigenvalue weighted by Gasteiger charge is -2.37. The third-order valence-corrected chi connectivity index (χ3v) is 6.02. The van der Waals surface area contributed by atoms with Gasteiger partial charge in [-0.15, -0.1) is 0 Å². The molecule has 6 heteroatoms. The number of phenols is 2. The SMILES string of the molecule is CN(C)Cc1c(O)c(CN(C)C)c(CN(C)C)c(C(C)(C)c2ccc(O)cc2)c1CN(C)C. The van der Waals surface area contributed by atoms with E-state index >= 15 is 0 Å². The minimum absolute atomic E-state index is 0.267. The highest BCUT2D eigenvalue weighted by Gasteiger charge is 2.34. The molecule has 0 aliphatic heterocycles. The van der Waals surface area contributed by atoms with Crippen LogP contribution in [0.1, 0.15) is 47.2 Å². The Hall–Kier alpha value is -2.12. The van der Waals surface area contributed by atoms with Crippen LogP contribution < -0.4 is 0 Å². The number of nitrogens with zero attached hydrogens (tertiary/aromatic N) is 4. The van der Waals surface area contributed by atoms with E-state index in [-0.39, 0.29) is 11.2 Å². The molecule has 0 saturated heterocycles. The van der Waals surface area contributed by atoms with Crippen LogP contribution in [0.25, 0.3) is 0 Å². The Kier molecular flexibility index (Phi) is 8.94. The minimum Gasteiger partial charge on any atom is -0.508 e. The van der Waals surface area contributed by atoms with Crippen LogP contribution in [0, 0.1) is 0 Å². The smallest absolute Gasteiger partial charge is 0.125 e. The zero-order valence-electron chi connectivity index (χ0n) is 22.3. The second-order valence-electron chi connectivity index (χ2n) is 10.8. The fraction of sp³-hybridized carbons (Fsp3) is 0.556. The quantitative estimate of drug-likeness (QED) is 0.569. The van der Waals surface area contributed by atoms with Crippen LogP contribution in [-0.4, -0.2) is 86.2 Å². The second kappa shape index (κ2) is 10.9.